The van der Waals surface area contributed by atoms with Crippen LogP contribution in [0.5, 0.6) is 0 Å². The monoisotopic (exact) mass is 334 g/mol. The second-order valence-electron chi connectivity index (χ2n) is 7.20. The Morgan fingerprint density at radius 3 is 2.83 bits per heavy atom. The maximum atomic E-state index is 12.2. The van der Waals surface area contributed by atoms with Crippen LogP contribution in [0, 0.1) is 5.92 Å². The number of esters is 2. The zero-order valence-corrected chi connectivity index (χ0v) is 14.6. The number of hydrogen-bond donors (Lipinski definition) is 1. The first-order valence-electron chi connectivity index (χ1n) is 8.31. The van der Waals surface area contributed by atoms with E-state index in [0.717, 1.165) is 18.4 Å². The summed E-state index contributed by atoms with van der Waals surface area (Å²) >= 11 is 0. The van der Waals surface area contributed by atoms with Gasteiger partial charge >= 0.3 is 11.9 Å². The number of fused-ring (bicyclic) bond motifs is 1. The summed E-state index contributed by atoms with van der Waals surface area (Å²) in [5.74, 6) is -1.34. The molecular formula is C19H26O5. The summed E-state index contributed by atoms with van der Waals surface area (Å²) in [4.78, 5) is 24.1. The Bertz CT molecular complexity index is 579. The first-order valence-corrected chi connectivity index (χ1v) is 8.31. The summed E-state index contributed by atoms with van der Waals surface area (Å²) in [6, 6.07) is 0. The van der Waals surface area contributed by atoms with Gasteiger partial charge in [-0.2, -0.15) is 0 Å². The first-order chi connectivity index (χ1) is 11.2. The lowest BCUT2D eigenvalue weighted by Crippen LogP contribution is -2.35. The Balaban J connectivity index is 2.25. The fourth-order valence-electron chi connectivity index (χ4n) is 3.06. The van der Waals surface area contributed by atoms with Gasteiger partial charge in [-0.1, -0.05) is 24.3 Å². The third-order valence-electron chi connectivity index (χ3n) is 4.20. The van der Waals surface area contributed by atoms with Gasteiger partial charge in [-0.25, -0.2) is 4.79 Å². The van der Waals surface area contributed by atoms with Gasteiger partial charge in [-0.15, -0.1) is 0 Å². The molecule has 0 bridgehead atoms. The van der Waals surface area contributed by atoms with Crippen LogP contribution in [-0.4, -0.2) is 34.9 Å². The van der Waals surface area contributed by atoms with Gasteiger partial charge in [0.15, 0.2) is 0 Å². The van der Waals surface area contributed by atoms with Crippen molar-refractivity contribution in [3.05, 3.63) is 36.0 Å². The third-order valence-corrected chi connectivity index (χ3v) is 4.20. The van der Waals surface area contributed by atoms with Gasteiger partial charge in [-0.05, 0) is 39.7 Å². The van der Waals surface area contributed by atoms with E-state index in [1.165, 1.54) is 0 Å². The molecule has 1 aliphatic heterocycles. The maximum absolute atomic E-state index is 12.2. The van der Waals surface area contributed by atoms with Gasteiger partial charge in [0.25, 0.3) is 0 Å². The molecule has 0 radical (unpaired) electrons. The molecule has 0 amide bonds. The molecule has 0 aromatic carbocycles. The lowest BCUT2D eigenvalue weighted by atomic mass is 9.86. The van der Waals surface area contributed by atoms with Crippen LogP contribution in [0.2, 0.25) is 0 Å². The smallest absolute Gasteiger partial charge is 0.334 e. The number of hydrogen-bond acceptors (Lipinski definition) is 5. The molecule has 1 heterocycles. The molecule has 0 saturated carbocycles. The van der Waals surface area contributed by atoms with Gasteiger partial charge in [-0.3, -0.25) is 4.79 Å². The molecule has 2 aliphatic rings. The van der Waals surface area contributed by atoms with Gasteiger partial charge in [0.1, 0.15) is 12.2 Å². The lowest BCUT2D eigenvalue weighted by Gasteiger charge is -2.28. The van der Waals surface area contributed by atoms with Gasteiger partial charge in [0.05, 0.1) is 17.9 Å². The molecule has 0 unspecified atom stereocenters. The highest BCUT2D eigenvalue weighted by Gasteiger charge is 2.44. The van der Waals surface area contributed by atoms with E-state index in [1.54, 1.807) is 13.8 Å². The number of carbonyl (C=O) groups excluding carboxylic acids is 2. The van der Waals surface area contributed by atoms with Crippen LogP contribution in [0.15, 0.2) is 36.0 Å². The molecule has 1 N–H and O–H groups in total. The molecular weight excluding hydrogens is 308 g/mol. The number of carbonyl (C=O) groups is 2. The average Bonchev–Trinajstić information content (AvgIpc) is 2.70. The molecule has 24 heavy (non-hydrogen) atoms. The molecule has 1 saturated heterocycles. The molecule has 5 nitrogen and oxygen atoms in total. The second kappa shape index (κ2) is 7.34. The first kappa shape index (κ1) is 18.5. The number of allylic oxidation sites excluding steroid dienone is 2. The Labute approximate surface area is 143 Å². The van der Waals surface area contributed by atoms with Gasteiger partial charge < -0.3 is 14.6 Å². The van der Waals surface area contributed by atoms with Crippen LogP contribution < -0.4 is 0 Å². The Hall–Kier alpha value is -1.88. The van der Waals surface area contributed by atoms with E-state index in [0.29, 0.717) is 12.0 Å². The van der Waals surface area contributed by atoms with Crippen LogP contribution >= 0.6 is 0 Å². The van der Waals surface area contributed by atoms with Crippen molar-refractivity contribution in [3.63, 3.8) is 0 Å². The van der Waals surface area contributed by atoms with Crippen molar-refractivity contribution >= 4 is 11.9 Å². The molecule has 1 aliphatic carbocycles. The Kier molecular flexibility index (Phi) is 5.65. The predicted octanol–water partition coefficient (Wildman–Crippen LogP) is 2.84. The summed E-state index contributed by atoms with van der Waals surface area (Å²) in [5.41, 5.74) is 0.285. The van der Waals surface area contributed by atoms with E-state index in [1.807, 2.05) is 19.1 Å². The van der Waals surface area contributed by atoms with Crippen LogP contribution in [0.1, 0.15) is 46.5 Å². The zero-order chi connectivity index (χ0) is 17.9. The fourth-order valence-corrected chi connectivity index (χ4v) is 3.06. The minimum absolute atomic E-state index is 0.110. The molecule has 5 heteroatoms. The van der Waals surface area contributed by atoms with E-state index in [4.69, 9.17) is 9.47 Å². The maximum Gasteiger partial charge on any atom is 0.334 e. The van der Waals surface area contributed by atoms with Crippen molar-refractivity contribution in [1.29, 1.82) is 0 Å². The number of ether oxygens (including phenoxy) is 2. The number of rotatable bonds is 3. The van der Waals surface area contributed by atoms with Crippen LogP contribution in [0.3, 0.4) is 0 Å². The van der Waals surface area contributed by atoms with Crippen LogP contribution in [0.25, 0.3) is 0 Å². The summed E-state index contributed by atoms with van der Waals surface area (Å²) in [5, 5.41) is 9.81. The van der Waals surface area contributed by atoms with E-state index in [-0.39, 0.29) is 6.42 Å². The van der Waals surface area contributed by atoms with Crippen molar-refractivity contribution in [1.82, 2.24) is 0 Å². The van der Waals surface area contributed by atoms with Crippen LogP contribution in [-0.2, 0) is 19.1 Å². The molecule has 3 atom stereocenters. The van der Waals surface area contributed by atoms with Crippen molar-refractivity contribution in [2.75, 3.05) is 0 Å². The van der Waals surface area contributed by atoms with E-state index >= 15 is 0 Å². The van der Waals surface area contributed by atoms with E-state index < -0.39 is 35.7 Å². The summed E-state index contributed by atoms with van der Waals surface area (Å²) in [6.07, 6.45) is 7.11. The summed E-state index contributed by atoms with van der Waals surface area (Å²) < 4.78 is 11.0. The molecule has 0 aromatic rings. The Morgan fingerprint density at radius 2 is 2.17 bits per heavy atom. The van der Waals surface area contributed by atoms with Crippen molar-refractivity contribution in [2.45, 2.75) is 64.3 Å². The lowest BCUT2D eigenvalue weighted by molar-refractivity contribution is -0.156. The highest BCUT2D eigenvalue weighted by atomic mass is 16.6. The minimum Gasteiger partial charge on any atom is -0.461 e. The zero-order valence-electron chi connectivity index (χ0n) is 14.6. The minimum atomic E-state index is -1.14. The topological polar surface area (TPSA) is 72.8 Å². The highest BCUT2D eigenvalue weighted by Crippen LogP contribution is 2.35. The second-order valence-corrected chi connectivity index (χ2v) is 7.20. The SMILES string of the molecule is C=C1C(=O)O[C@H]2/C=C/CC/C=C(\C)C[C@@H](OC(=O)CC(C)(C)O)[C@@H]12. The summed E-state index contributed by atoms with van der Waals surface area (Å²) in [7, 11) is 0. The fraction of sp³-hybridized carbons (Fsp3) is 0.579. The predicted molar refractivity (Wildman–Crippen MR) is 90.1 cm³/mol. The number of aliphatic hydroxyl groups is 1. The van der Waals surface area contributed by atoms with Gasteiger partial charge in [0.2, 0.25) is 0 Å². The molecule has 2 rings (SSSR count). The van der Waals surface area contributed by atoms with E-state index in [9.17, 15) is 14.7 Å². The molecule has 0 aromatic heterocycles. The third kappa shape index (κ3) is 4.81. The highest BCUT2D eigenvalue weighted by molar-refractivity contribution is 5.91. The largest absolute Gasteiger partial charge is 0.461 e. The standard InChI is InChI=1S/C19H26O5/c1-12-8-6-5-7-9-14-17(13(2)18(21)24-14)15(10-12)23-16(20)11-19(3,4)22/h7-9,14-15,17,22H,2,5-6,10-11H2,1,3-4H3/b9-7+,12-8+/t14-,15+,17-/m0/s1. The molecule has 1 fully saturated rings. The quantitative estimate of drug-likeness (QED) is 0.488. The van der Waals surface area contributed by atoms with Crippen molar-refractivity contribution in [2.24, 2.45) is 5.92 Å². The van der Waals surface area contributed by atoms with E-state index in [2.05, 4.69) is 12.7 Å². The molecule has 0 spiro atoms. The summed E-state index contributed by atoms with van der Waals surface area (Å²) in [6.45, 7) is 8.93. The Morgan fingerprint density at radius 1 is 1.46 bits per heavy atom. The average molecular weight is 334 g/mol. The van der Waals surface area contributed by atoms with Crippen LogP contribution in [0.4, 0.5) is 0 Å². The normalized spacial score (nSPS) is 31.5. The van der Waals surface area contributed by atoms with Crippen molar-refractivity contribution < 1.29 is 24.2 Å². The molecule has 132 valence electrons. The van der Waals surface area contributed by atoms with Crippen molar-refractivity contribution in [3.8, 4) is 0 Å². The van der Waals surface area contributed by atoms with Gasteiger partial charge in [0, 0.05) is 12.0 Å².